The van der Waals surface area contributed by atoms with Gasteiger partial charge in [-0.05, 0) is 65.7 Å². The molecule has 1 aromatic rings. The van der Waals surface area contributed by atoms with Crippen molar-refractivity contribution >= 4 is 11.5 Å². The first-order chi connectivity index (χ1) is 16.0. The number of aromatic nitrogens is 1. The molecule has 1 heterocycles. The highest BCUT2D eigenvalue weighted by Crippen LogP contribution is 2.47. The van der Waals surface area contributed by atoms with Crippen molar-refractivity contribution in [1.82, 2.24) is 4.98 Å². The van der Waals surface area contributed by atoms with Crippen LogP contribution in [0.15, 0.2) is 22.6 Å². The van der Waals surface area contributed by atoms with Gasteiger partial charge in [-0.1, -0.05) is 39.0 Å². The maximum Gasteiger partial charge on any atom is 0.314 e. The number of ether oxygens (including phenoxy) is 3. The fraction of sp³-hybridized carbons (Fsp3) is 0.704. The lowest BCUT2D eigenvalue weighted by Gasteiger charge is -2.30. The second kappa shape index (κ2) is 13.7. The van der Waals surface area contributed by atoms with Crippen LogP contribution in [-0.4, -0.2) is 36.4 Å². The van der Waals surface area contributed by atoms with Gasteiger partial charge >= 0.3 is 5.97 Å². The van der Waals surface area contributed by atoms with Crippen LogP contribution in [0.5, 0.6) is 0 Å². The summed E-state index contributed by atoms with van der Waals surface area (Å²) in [4.78, 5) is 16.8. The largest absolute Gasteiger partial charge is 0.465 e. The van der Waals surface area contributed by atoms with E-state index in [-0.39, 0.29) is 18.2 Å². The number of aryl methyl sites for hydroxylation is 1. The van der Waals surface area contributed by atoms with Crippen LogP contribution >= 0.6 is 0 Å². The molecule has 33 heavy (non-hydrogen) atoms. The molecule has 1 aromatic heterocycles. The lowest BCUT2D eigenvalue weighted by atomic mass is 9.94. The third-order valence-electron chi connectivity index (χ3n) is 6.14. The van der Waals surface area contributed by atoms with E-state index < -0.39 is 5.41 Å². The maximum atomic E-state index is 12.1. The van der Waals surface area contributed by atoms with E-state index in [1.165, 1.54) is 0 Å². The van der Waals surface area contributed by atoms with Crippen LogP contribution in [0.1, 0.15) is 96.9 Å². The first-order valence-electron chi connectivity index (χ1n) is 12.7. The Kier molecular flexibility index (Phi) is 11.3. The Labute approximate surface area is 199 Å². The summed E-state index contributed by atoms with van der Waals surface area (Å²) in [6.45, 7) is 13.2. The molecular weight excluding hydrogens is 418 g/mol. The second-order valence-corrected chi connectivity index (χ2v) is 8.74. The highest BCUT2D eigenvalue weighted by molar-refractivity contribution is 5.80. The summed E-state index contributed by atoms with van der Waals surface area (Å²) in [5.74, 6) is 1.34. The average Bonchev–Trinajstić information content (AvgIpc) is 3.54. The van der Waals surface area contributed by atoms with E-state index in [0.29, 0.717) is 25.7 Å². The Bertz CT molecular complexity index is 790. The molecule has 0 aliphatic heterocycles. The first kappa shape index (κ1) is 27.3. The number of carbonyl (C=O) groups excluding carboxylic acids is 1. The van der Waals surface area contributed by atoms with Gasteiger partial charge in [0.2, 0.25) is 5.89 Å². The minimum Gasteiger partial charge on any atom is -0.465 e. The van der Waals surface area contributed by atoms with Gasteiger partial charge in [0.05, 0.1) is 37.4 Å². The predicted octanol–water partition coefficient (Wildman–Crippen LogP) is 6.57. The summed E-state index contributed by atoms with van der Waals surface area (Å²) in [6, 6.07) is 0. The van der Waals surface area contributed by atoms with Crippen molar-refractivity contribution in [1.29, 1.82) is 0 Å². The van der Waals surface area contributed by atoms with Crippen molar-refractivity contribution < 1.29 is 23.4 Å². The molecule has 2 saturated carbocycles. The number of oxazole rings is 1. The molecular formula is C27H43NO5. The zero-order valence-electron chi connectivity index (χ0n) is 21.4. The van der Waals surface area contributed by atoms with Crippen LogP contribution in [0, 0.1) is 12.3 Å². The third kappa shape index (κ3) is 8.11. The molecule has 3 rings (SSSR count). The van der Waals surface area contributed by atoms with E-state index in [1.807, 2.05) is 46.8 Å². The standard InChI is InChI=1S/C25H37NO5.C2H6/c1-5-7-8-10-18(3)23-26-22(19(4)31-23)16-29-20-11-9-12-21(15-20)30-17-25(13-14-25)24(27)28-6-2;1-2/h7-8,10,20-21H,5-6,9,11-17H2,1-4H3;1-2H3/b8-7-,18-10+;. The van der Waals surface area contributed by atoms with E-state index in [2.05, 4.69) is 18.0 Å². The number of esters is 1. The van der Waals surface area contributed by atoms with E-state index in [0.717, 1.165) is 62.0 Å². The lowest BCUT2D eigenvalue weighted by molar-refractivity contribution is -0.154. The molecule has 0 N–H and O–H groups in total. The summed E-state index contributed by atoms with van der Waals surface area (Å²) >= 11 is 0. The summed E-state index contributed by atoms with van der Waals surface area (Å²) in [5.41, 5.74) is 1.46. The zero-order chi connectivity index (χ0) is 24.3. The number of nitrogens with zero attached hydrogens (tertiary/aromatic N) is 1. The Hall–Kier alpha value is -1.92. The molecule has 6 nitrogen and oxygen atoms in total. The minimum atomic E-state index is -0.393. The topological polar surface area (TPSA) is 70.8 Å². The van der Waals surface area contributed by atoms with E-state index in [4.69, 9.17) is 18.6 Å². The predicted molar refractivity (Wildman–Crippen MR) is 131 cm³/mol. The molecule has 2 aliphatic carbocycles. The van der Waals surface area contributed by atoms with Gasteiger partial charge < -0.3 is 18.6 Å². The fourth-order valence-electron chi connectivity index (χ4n) is 3.87. The highest BCUT2D eigenvalue weighted by atomic mass is 16.5. The van der Waals surface area contributed by atoms with Gasteiger partial charge in [-0.25, -0.2) is 4.98 Å². The highest BCUT2D eigenvalue weighted by Gasteiger charge is 2.52. The molecule has 186 valence electrons. The van der Waals surface area contributed by atoms with Gasteiger partial charge in [-0.3, -0.25) is 4.79 Å². The average molecular weight is 462 g/mol. The van der Waals surface area contributed by atoms with Gasteiger partial charge in [0.25, 0.3) is 0 Å². The Balaban J connectivity index is 0.00000187. The first-order valence-corrected chi connectivity index (χ1v) is 12.7. The Morgan fingerprint density at radius 2 is 1.88 bits per heavy atom. The van der Waals surface area contributed by atoms with E-state index >= 15 is 0 Å². The van der Waals surface area contributed by atoms with Crippen LogP contribution in [0.4, 0.5) is 0 Å². The SMILES string of the molecule is CC.CC/C=C\C=C(/C)c1nc(COC2CCCC(OCC3(C(=O)OCC)CC3)C2)c(C)o1. The molecule has 0 amide bonds. The van der Waals surface area contributed by atoms with Crippen molar-refractivity contribution in [3.63, 3.8) is 0 Å². The van der Waals surface area contributed by atoms with Gasteiger partial charge in [0, 0.05) is 5.57 Å². The molecule has 6 heteroatoms. The molecule has 0 radical (unpaired) electrons. The normalized spacial score (nSPS) is 22.1. The molecule has 2 aliphatic rings. The van der Waals surface area contributed by atoms with Gasteiger partial charge in [0.15, 0.2) is 0 Å². The number of hydrogen-bond donors (Lipinski definition) is 0. The van der Waals surface area contributed by atoms with E-state index in [9.17, 15) is 4.79 Å². The summed E-state index contributed by atoms with van der Waals surface area (Å²) in [6.07, 6.45) is 13.1. The minimum absolute atomic E-state index is 0.106. The number of hydrogen-bond acceptors (Lipinski definition) is 6. The number of allylic oxidation sites excluding steroid dienone is 4. The molecule has 0 saturated heterocycles. The summed E-state index contributed by atoms with van der Waals surface area (Å²) in [7, 11) is 0. The molecule has 2 atom stereocenters. The van der Waals surface area contributed by atoms with Gasteiger partial charge in [-0.15, -0.1) is 0 Å². The quantitative estimate of drug-likeness (QED) is 0.274. The second-order valence-electron chi connectivity index (χ2n) is 8.74. The smallest absolute Gasteiger partial charge is 0.314 e. The zero-order valence-corrected chi connectivity index (χ0v) is 21.4. The van der Waals surface area contributed by atoms with Gasteiger partial charge in [0.1, 0.15) is 11.5 Å². The van der Waals surface area contributed by atoms with Gasteiger partial charge in [-0.2, -0.15) is 0 Å². The molecule has 0 spiro atoms. The number of carbonyl (C=O) groups is 1. The molecule has 0 aromatic carbocycles. The van der Waals surface area contributed by atoms with Crippen LogP contribution in [0.2, 0.25) is 0 Å². The number of rotatable bonds is 11. The summed E-state index contributed by atoms with van der Waals surface area (Å²) < 4.78 is 23.4. The fourth-order valence-corrected chi connectivity index (χ4v) is 3.87. The van der Waals surface area contributed by atoms with Crippen molar-refractivity contribution in [2.24, 2.45) is 5.41 Å². The van der Waals surface area contributed by atoms with Crippen molar-refractivity contribution in [3.8, 4) is 0 Å². The van der Waals surface area contributed by atoms with Crippen molar-refractivity contribution in [3.05, 3.63) is 35.6 Å². The lowest BCUT2D eigenvalue weighted by Crippen LogP contribution is -2.32. The molecule has 2 fully saturated rings. The maximum absolute atomic E-state index is 12.1. The monoisotopic (exact) mass is 461 g/mol. The van der Waals surface area contributed by atoms with Crippen LogP contribution in [0.25, 0.3) is 5.57 Å². The van der Waals surface area contributed by atoms with E-state index in [1.54, 1.807) is 0 Å². The van der Waals surface area contributed by atoms with Crippen LogP contribution < -0.4 is 0 Å². The third-order valence-corrected chi connectivity index (χ3v) is 6.14. The van der Waals surface area contributed by atoms with Crippen molar-refractivity contribution in [2.45, 2.75) is 105 Å². The Morgan fingerprint density at radius 3 is 2.52 bits per heavy atom. The van der Waals surface area contributed by atoms with Crippen LogP contribution in [0.3, 0.4) is 0 Å². The molecule has 2 unspecified atom stereocenters. The Morgan fingerprint density at radius 1 is 1.18 bits per heavy atom. The summed E-state index contributed by atoms with van der Waals surface area (Å²) in [5, 5.41) is 0. The van der Waals surface area contributed by atoms with Crippen LogP contribution in [-0.2, 0) is 25.6 Å². The van der Waals surface area contributed by atoms with Crippen molar-refractivity contribution in [2.75, 3.05) is 13.2 Å². The molecule has 0 bridgehead atoms.